The molecule has 1 rings (SSSR count). The number of hydrogen-bond acceptors (Lipinski definition) is 2. The highest BCUT2D eigenvalue weighted by molar-refractivity contribution is 5.91. The van der Waals surface area contributed by atoms with Gasteiger partial charge in [-0.25, -0.2) is 0 Å². The van der Waals surface area contributed by atoms with Crippen molar-refractivity contribution in [2.75, 3.05) is 11.9 Å². The summed E-state index contributed by atoms with van der Waals surface area (Å²) in [4.78, 5) is 10.6. The maximum atomic E-state index is 10.6. The third kappa shape index (κ3) is 2.39. The summed E-state index contributed by atoms with van der Waals surface area (Å²) in [5, 5.41) is 10.8. The fourth-order valence-corrected chi connectivity index (χ4v) is 0.672. The van der Waals surface area contributed by atoms with Crippen LogP contribution in [-0.4, -0.2) is 17.6 Å². The number of anilines is 1. The van der Waals surface area contributed by atoms with E-state index < -0.39 is 12.5 Å². The lowest BCUT2D eigenvalue weighted by Gasteiger charge is -2.00. The van der Waals surface area contributed by atoms with Gasteiger partial charge in [-0.15, -0.1) is 0 Å². The van der Waals surface area contributed by atoms with E-state index in [1.165, 1.54) is 0 Å². The first-order valence-corrected chi connectivity index (χ1v) is 3.20. The molecule has 2 N–H and O–H groups in total. The van der Waals surface area contributed by atoms with Crippen molar-refractivity contribution in [3.8, 4) is 0 Å². The van der Waals surface area contributed by atoms with Crippen molar-refractivity contribution < 1.29 is 9.90 Å². The number of aliphatic hydroxyl groups excluding tert-OH is 1. The Kier molecular flexibility index (Phi) is 2.63. The first-order chi connectivity index (χ1) is 5.33. The Morgan fingerprint density at radius 2 is 2.55 bits per heavy atom. The Bertz CT molecular complexity index is 233. The monoisotopic (exact) mass is 150 g/mol. The molecule has 0 saturated carbocycles. The van der Waals surface area contributed by atoms with Crippen LogP contribution in [0.2, 0.25) is 0 Å². The second kappa shape index (κ2) is 3.73. The van der Waals surface area contributed by atoms with Crippen molar-refractivity contribution in [1.82, 2.24) is 0 Å². The van der Waals surface area contributed by atoms with E-state index in [0.29, 0.717) is 5.69 Å². The van der Waals surface area contributed by atoms with Gasteiger partial charge in [0.15, 0.2) is 0 Å². The van der Waals surface area contributed by atoms with Gasteiger partial charge in [-0.2, -0.15) is 0 Å². The summed E-state index contributed by atoms with van der Waals surface area (Å²) in [5.74, 6) is -0.412. The van der Waals surface area contributed by atoms with Crippen molar-refractivity contribution in [3.05, 3.63) is 30.3 Å². The van der Waals surface area contributed by atoms with Gasteiger partial charge in [-0.3, -0.25) is 4.79 Å². The molecule has 0 spiro atoms. The predicted molar refractivity (Wildman–Crippen MR) is 41.0 cm³/mol. The molecule has 11 heavy (non-hydrogen) atoms. The third-order valence-electron chi connectivity index (χ3n) is 1.13. The van der Waals surface area contributed by atoms with Crippen LogP contribution in [0.3, 0.4) is 0 Å². The number of benzene rings is 1. The average molecular weight is 150 g/mol. The Hall–Kier alpha value is -1.35. The molecule has 57 valence electrons. The van der Waals surface area contributed by atoms with Gasteiger partial charge in [-0.05, 0) is 18.2 Å². The highest BCUT2D eigenvalue weighted by Gasteiger charge is 1.96. The highest BCUT2D eigenvalue weighted by atomic mass is 16.3. The maximum absolute atomic E-state index is 10.6. The number of rotatable bonds is 2. The molecule has 0 bridgehead atoms. The minimum absolute atomic E-state index is 0.412. The van der Waals surface area contributed by atoms with Gasteiger partial charge in [0, 0.05) is 5.69 Å². The second-order valence-electron chi connectivity index (χ2n) is 2.00. The maximum Gasteiger partial charge on any atom is 0.250 e. The third-order valence-corrected chi connectivity index (χ3v) is 1.13. The molecule has 0 heterocycles. The van der Waals surface area contributed by atoms with E-state index in [9.17, 15) is 4.79 Å². The summed E-state index contributed by atoms with van der Waals surface area (Å²) < 4.78 is 0. The Labute approximate surface area is 64.7 Å². The van der Waals surface area contributed by atoms with Crippen LogP contribution in [0.4, 0.5) is 5.69 Å². The molecule has 0 atom stereocenters. The van der Waals surface area contributed by atoms with E-state index in [-0.39, 0.29) is 0 Å². The quantitative estimate of drug-likeness (QED) is 0.641. The SMILES string of the molecule is O=C(CO)Nc1c[c]ccc1. The van der Waals surface area contributed by atoms with Crippen molar-refractivity contribution in [3.63, 3.8) is 0 Å². The Morgan fingerprint density at radius 1 is 1.73 bits per heavy atom. The van der Waals surface area contributed by atoms with Crippen LogP contribution in [0, 0.1) is 6.07 Å². The van der Waals surface area contributed by atoms with Crippen molar-refractivity contribution in [2.24, 2.45) is 0 Å². The van der Waals surface area contributed by atoms with Crippen LogP contribution in [0.25, 0.3) is 0 Å². The van der Waals surface area contributed by atoms with Crippen molar-refractivity contribution in [2.45, 2.75) is 0 Å². The largest absolute Gasteiger partial charge is 0.387 e. The molecule has 3 heteroatoms. The molecule has 0 unspecified atom stereocenters. The molecule has 0 aliphatic carbocycles. The summed E-state index contributed by atoms with van der Waals surface area (Å²) >= 11 is 0. The topological polar surface area (TPSA) is 49.3 Å². The summed E-state index contributed by atoms with van der Waals surface area (Å²) in [6, 6.07) is 9.64. The van der Waals surface area contributed by atoms with E-state index in [1.807, 2.05) is 0 Å². The van der Waals surface area contributed by atoms with E-state index in [0.717, 1.165) is 0 Å². The predicted octanol–water partition coefficient (Wildman–Crippen LogP) is 0.418. The van der Waals surface area contributed by atoms with Crippen LogP contribution in [0.1, 0.15) is 0 Å². The van der Waals surface area contributed by atoms with Crippen LogP contribution >= 0.6 is 0 Å². The lowest BCUT2D eigenvalue weighted by atomic mass is 10.3. The molecule has 1 aromatic carbocycles. The van der Waals surface area contributed by atoms with E-state index >= 15 is 0 Å². The second-order valence-corrected chi connectivity index (χ2v) is 2.00. The number of carbonyl (C=O) groups excluding carboxylic acids is 1. The molecule has 3 nitrogen and oxygen atoms in total. The van der Waals surface area contributed by atoms with Crippen LogP contribution < -0.4 is 5.32 Å². The molecular formula is C8H8NO2. The van der Waals surface area contributed by atoms with Gasteiger partial charge in [-0.1, -0.05) is 12.1 Å². The molecule has 0 aromatic heterocycles. The summed E-state index contributed by atoms with van der Waals surface area (Å²) in [6.07, 6.45) is 0. The molecule has 0 fully saturated rings. The average Bonchev–Trinajstić information content (AvgIpc) is 2.06. The fourth-order valence-electron chi connectivity index (χ4n) is 0.672. The minimum atomic E-state index is -0.491. The van der Waals surface area contributed by atoms with E-state index in [4.69, 9.17) is 5.11 Å². The van der Waals surface area contributed by atoms with Gasteiger partial charge in [0.1, 0.15) is 6.61 Å². The van der Waals surface area contributed by atoms with Crippen molar-refractivity contribution in [1.29, 1.82) is 0 Å². The van der Waals surface area contributed by atoms with Gasteiger partial charge >= 0.3 is 0 Å². The molecular weight excluding hydrogens is 142 g/mol. The van der Waals surface area contributed by atoms with Gasteiger partial charge in [0.25, 0.3) is 0 Å². The van der Waals surface area contributed by atoms with Crippen LogP contribution in [0.15, 0.2) is 24.3 Å². The Morgan fingerprint density at radius 3 is 3.09 bits per heavy atom. The first kappa shape index (κ1) is 7.75. The summed E-state index contributed by atoms with van der Waals surface area (Å²) in [7, 11) is 0. The number of aliphatic hydroxyl groups is 1. The smallest absolute Gasteiger partial charge is 0.250 e. The first-order valence-electron chi connectivity index (χ1n) is 3.20. The zero-order valence-corrected chi connectivity index (χ0v) is 5.87. The van der Waals surface area contributed by atoms with E-state index in [1.54, 1.807) is 24.3 Å². The molecule has 1 amide bonds. The zero-order valence-electron chi connectivity index (χ0n) is 5.87. The van der Waals surface area contributed by atoms with E-state index in [2.05, 4.69) is 11.4 Å². The van der Waals surface area contributed by atoms with Gasteiger partial charge in [0.05, 0.1) is 0 Å². The lowest BCUT2D eigenvalue weighted by molar-refractivity contribution is -0.118. The van der Waals surface area contributed by atoms with Gasteiger partial charge in [0.2, 0.25) is 5.91 Å². The lowest BCUT2D eigenvalue weighted by Crippen LogP contribution is -2.15. The number of hydrogen-bond donors (Lipinski definition) is 2. The molecule has 1 aromatic rings. The Balaban J connectivity index is 2.58. The van der Waals surface area contributed by atoms with Crippen LogP contribution in [0.5, 0.6) is 0 Å². The highest BCUT2D eigenvalue weighted by Crippen LogP contribution is 2.03. The number of amides is 1. The molecule has 0 aliphatic rings. The fraction of sp³-hybridized carbons (Fsp3) is 0.125. The number of nitrogens with one attached hydrogen (secondary N) is 1. The molecule has 1 radical (unpaired) electrons. The zero-order chi connectivity index (χ0) is 8.10. The summed E-state index contributed by atoms with van der Waals surface area (Å²) in [6.45, 7) is -0.491. The van der Waals surface area contributed by atoms with Crippen molar-refractivity contribution >= 4 is 11.6 Å². The number of carbonyl (C=O) groups is 1. The normalized spacial score (nSPS) is 9.18. The summed E-state index contributed by atoms with van der Waals surface area (Å²) in [5.41, 5.74) is 0.645. The minimum Gasteiger partial charge on any atom is -0.387 e. The van der Waals surface area contributed by atoms with Gasteiger partial charge < -0.3 is 10.4 Å². The molecule has 0 saturated heterocycles. The standard InChI is InChI=1S/C8H8NO2/c10-6-8(11)9-7-4-2-1-3-5-7/h1-2,4-5,10H,6H2,(H,9,11). The molecule has 0 aliphatic heterocycles. The van der Waals surface area contributed by atoms with Crippen LogP contribution in [-0.2, 0) is 4.79 Å².